The van der Waals surface area contributed by atoms with Crippen LogP contribution in [0.1, 0.15) is 26.6 Å². The lowest BCUT2D eigenvalue weighted by molar-refractivity contribution is 0.0601. The number of carbonyl (C=O) groups is 1. The third kappa shape index (κ3) is 3.87. The second-order valence-corrected chi connectivity index (χ2v) is 7.66. The average molecular weight is 389 g/mol. The third-order valence-corrected chi connectivity index (χ3v) is 5.28. The van der Waals surface area contributed by atoms with Crippen molar-refractivity contribution in [2.45, 2.75) is 13.3 Å². The monoisotopic (exact) mass is 389 g/mol. The fourth-order valence-corrected chi connectivity index (χ4v) is 3.88. The Bertz CT molecular complexity index is 1120. The zero-order valence-corrected chi connectivity index (χ0v) is 16.4. The molecule has 0 spiro atoms. The largest absolute Gasteiger partial charge is 0.465 e. The number of aryl methyl sites for hydroxylation is 1. The molecular formula is C22H19N3O2S. The molecule has 0 amide bonds. The van der Waals surface area contributed by atoms with Crippen molar-refractivity contribution in [2.75, 3.05) is 12.4 Å². The first-order valence-electron chi connectivity index (χ1n) is 8.89. The second kappa shape index (κ2) is 7.78. The van der Waals surface area contributed by atoms with Gasteiger partial charge in [0.1, 0.15) is 16.5 Å². The van der Waals surface area contributed by atoms with Crippen molar-refractivity contribution in [2.24, 2.45) is 0 Å². The molecule has 5 nitrogen and oxygen atoms in total. The van der Waals surface area contributed by atoms with Gasteiger partial charge in [-0.1, -0.05) is 30.3 Å². The summed E-state index contributed by atoms with van der Waals surface area (Å²) in [6, 6.07) is 19.4. The standard InChI is InChI=1S/C22H19N3O2S/c1-14-12-18-20(23-17-10-8-16(9-11-17)22(26)27-2)24-19(25-21(18)28-14)13-15-6-4-3-5-7-15/h3-12H,13H2,1-2H3,(H,23,24,25). The van der Waals surface area contributed by atoms with E-state index in [2.05, 4.69) is 30.4 Å². The minimum absolute atomic E-state index is 0.352. The van der Waals surface area contributed by atoms with Crippen molar-refractivity contribution in [1.29, 1.82) is 0 Å². The Balaban J connectivity index is 1.68. The molecular weight excluding hydrogens is 370 g/mol. The number of thiophene rings is 1. The summed E-state index contributed by atoms with van der Waals surface area (Å²) < 4.78 is 4.75. The van der Waals surface area contributed by atoms with Gasteiger partial charge in [-0.2, -0.15) is 0 Å². The Hall–Kier alpha value is -3.25. The summed E-state index contributed by atoms with van der Waals surface area (Å²) in [5.74, 6) is 1.19. The maximum Gasteiger partial charge on any atom is 0.337 e. The number of nitrogens with one attached hydrogen (secondary N) is 1. The molecule has 2 aromatic heterocycles. The molecule has 0 saturated heterocycles. The zero-order chi connectivity index (χ0) is 19.5. The van der Waals surface area contributed by atoms with Crippen LogP contribution in [0.15, 0.2) is 60.7 Å². The van der Waals surface area contributed by atoms with Crippen LogP contribution in [0.4, 0.5) is 11.5 Å². The molecule has 0 aliphatic carbocycles. The third-order valence-electron chi connectivity index (χ3n) is 4.34. The molecule has 0 aliphatic rings. The van der Waals surface area contributed by atoms with Crippen molar-refractivity contribution in [3.8, 4) is 0 Å². The number of hydrogen-bond donors (Lipinski definition) is 1. The van der Waals surface area contributed by atoms with Gasteiger partial charge in [0.15, 0.2) is 0 Å². The van der Waals surface area contributed by atoms with Gasteiger partial charge in [-0.25, -0.2) is 14.8 Å². The Kier molecular flexibility index (Phi) is 5.04. The maximum atomic E-state index is 11.6. The molecule has 0 unspecified atom stereocenters. The highest BCUT2D eigenvalue weighted by Crippen LogP contribution is 2.30. The smallest absolute Gasteiger partial charge is 0.337 e. The van der Waals surface area contributed by atoms with Crippen LogP contribution in [-0.4, -0.2) is 23.0 Å². The lowest BCUT2D eigenvalue weighted by atomic mass is 10.1. The van der Waals surface area contributed by atoms with Crippen molar-refractivity contribution in [3.63, 3.8) is 0 Å². The summed E-state index contributed by atoms with van der Waals surface area (Å²) in [6.07, 6.45) is 0.670. The quantitative estimate of drug-likeness (QED) is 0.480. The van der Waals surface area contributed by atoms with Crippen LogP contribution in [0.5, 0.6) is 0 Å². The van der Waals surface area contributed by atoms with E-state index < -0.39 is 0 Å². The Morgan fingerprint density at radius 1 is 1.07 bits per heavy atom. The Morgan fingerprint density at radius 2 is 1.82 bits per heavy atom. The highest BCUT2D eigenvalue weighted by Gasteiger charge is 2.12. The van der Waals surface area contributed by atoms with Crippen LogP contribution in [0.2, 0.25) is 0 Å². The molecule has 1 N–H and O–H groups in total. The van der Waals surface area contributed by atoms with Gasteiger partial charge in [0, 0.05) is 17.0 Å². The van der Waals surface area contributed by atoms with E-state index in [1.165, 1.54) is 17.6 Å². The summed E-state index contributed by atoms with van der Waals surface area (Å²) >= 11 is 1.66. The summed E-state index contributed by atoms with van der Waals surface area (Å²) in [5, 5.41) is 4.37. The molecule has 140 valence electrons. The fourth-order valence-electron chi connectivity index (χ4n) is 2.98. The number of anilines is 2. The van der Waals surface area contributed by atoms with Gasteiger partial charge in [-0.3, -0.25) is 0 Å². The Labute approximate surface area is 167 Å². The molecule has 0 bridgehead atoms. The van der Waals surface area contributed by atoms with Crippen LogP contribution in [0, 0.1) is 6.92 Å². The normalized spacial score (nSPS) is 10.8. The molecule has 2 heterocycles. The van der Waals surface area contributed by atoms with E-state index in [4.69, 9.17) is 14.7 Å². The van der Waals surface area contributed by atoms with Gasteiger partial charge in [-0.05, 0) is 42.8 Å². The molecule has 4 rings (SSSR count). The van der Waals surface area contributed by atoms with Crippen molar-refractivity contribution in [1.82, 2.24) is 9.97 Å². The van der Waals surface area contributed by atoms with Crippen molar-refractivity contribution in [3.05, 3.63) is 82.5 Å². The number of ether oxygens (including phenoxy) is 1. The number of aromatic nitrogens is 2. The highest BCUT2D eigenvalue weighted by molar-refractivity contribution is 7.18. The van der Waals surface area contributed by atoms with Crippen LogP contribution >= 0.6 is 11.3 Å². The summed E-state index contributed by atoms with van der Waals surface area (Å²) in [5.41, 5.74) is 2.53. The topological polar surface area (TPSA) is 64.1 Å². The number of hydrogen-bond acceptors (Lipinski definition) is 6. The minimum Gasteiger partial charge on any atom is -0.465 e. The SMILES string of the molecule is COC(=O)c1ccc(Nc2nc(Cc3ccccc3)nc3sc(C)cc23)cc1. The number of carbonyl (C=O) groups excluding carboxylic acids is 1. The summed E-state index contributed by atoms with van der Waals surface area (Å²) in [4.78, 5) is 23.3. The number of fused-ring (bicyclic) bond motifs is 1. The lowest BCUT2D eigenvalue weighted by Crippen LogP contribution is -2.03. The van der Waals surface area contributed by atoms with Crippen molar-refractivity contribution >= 4 is 39.0 Å². The number of esters is 1. The van der Waals surface area contributed by atoms with Crippen molar-refractivity contribution < 1.29 is 9.53 Å². The fraction of sp³-hybridized carbons (Fsp3) is 0.136. The van der Waals surface area contributed by atoms with Gasteiger partial charge in [0.2, 0.25) is 0 Å². The van der Waals surface area contributed by atoms with Crippen LogP contribution in [-0.2, 0) is 11.2 Å². The first kappa shape index (κ1) is 18.1. The first-order chi connectivity index (χ1) is 13.6. The van der Waals surface area contributed by atoms with E-state index in [-0.39, 0.29) is 5.97 Å². The van der Waals surface area contributed by atoms with E-state index in [0.29, 0.717) is 12.0 Å². The molecule has 0 saturated carbocycles. The molecule has 0 fully saturated rings. The number of nitrogens with zero attached hydrogens (tertiary/aromatic N) is 2. The molecule has 6 heteroatoms. The summed E-state index contributed by atoms with van der Waals surface area (Å²) in [6.45, 7) is 2.07. The average Bonchev–Trinajstić information content (AvgIpc) is 3.09. The summed E-state index contributed by atoms with van der Waals surface area (Å²) in [7, 11) is 1.37. The predicted molar refractivity (Wildman–Crippen MR) is 112 cm³/mol. The van der Waals surface area contributed by atoms with Gasteiger partial charge < -0.3 is 10.1 Å². The highest BCUT2D eigenvalue weighted by atomic mass is 32.1. The van der Waals surface area contributed by atoms with Crippen LogP contribution in [0.3, 0.4) is 0 Å². The molecule has 28 heavy (non-hydrogen) atoms. The van der Waals surface area contributed by atoms with Gasteiger partial charge in [0.25, 0.3) is 0 Å². The first-order valence-corrected chi connectivity index (χ1v) is 9.70. The van der Waals surface area contributed by atoms with E-state index in [1.807, 2.05) is 30.3 Å². The molecule has 4 aromatic rings. The van der Waals surface area contributed by atoms with E-state index in [0.717, 1.165) is 27.5 Å². The minimum atomic E-state index is -0.352. The molecule has 2 aromatic carbocycles. The lowest BCUT2D eigenvalue weighted by Gasteiger charge is -2.10. The number of methoxy groups -OCH3 is 1. The van der Waals surface area contributed by atoms with Crippen LogP contribution < -0.4 is 5.32 Å². The van der Waals surface area contributed by atoms with E-state index >= 15 is 0 Å². The van der Waals surface area contributed by atoms with Gasteiger partial charge in [-0.15, -0.1) is 11.3 Å². The predicted octanol–water partition coefficient (Wildman–Crippen LogP) is 5.12. The molecule has 0 atom stereocenters. The number of rotatable bonds is 5. The van der Waals surface area contributed by atoms with Gasteiger partial charge >= 0.3 is 5.97 Å². The molecule has 0 radical (unpaired) electrons. The zero-order valence-electron chi connectivity index (χ0n) is 15.6. The van der Waals surface area contributed by atoms with E-state index in [9.17, 15) is 4.79 Å². The second-order valence-electron chi connectivity index (χ2n) is 6.42. The Morgan fingerprint density at radius 3 is 2.54 bits per heavy atom. The number of benzene rings is 2. The van der Waals surface area contributed by atoms with Crippen LogP contribution in [0.25, 0.3) is 10.2 Å². The maximum absolute atomic E-state index is 11.6. The molecule has 0 aliphatic heterocycles. The van der Waals surface area contributed by atoms with Gasteiger partial charge in [0.05, 0.1) is 18.1 Å². The van der Waals surface area contributed by atoms with E-state index in [1.54, 1.807) is 23.5 Å².